The number of ketones is 1. The average Bonchev–Trinajstić information content (AvgIpc) is 2.83. The fourth-order valence-corrected chi connectivity index (χ4v) is 8.92. The van der Waals surface area contributed by atoms with Crippen LogP contribution in [0.2, 0.25) is 19.6 Å². The van der Waals surface area contributed by atoms with Crippen molar-refractivity contribution in [3.63, 3.8) is 0 Å². The van der Waals surface area contributed by atoms with Crippen molar-refractivity contribution in [2.45, 2.75) is 97.9 Å². The van der Waals surface area contributed by atoms with Crippen molar-refractivity contribution in [1.82, 2.24) is 0 Å². The van der Waals surface area contributed by atoms with E-state index in [1.54, 1.807) is 0 Å². The summed E-state index contributed by atoms with van der Waals surface area (Å²) in [5, 5.41) is 0. The molecule has 0 aromatic carbocycles. The zero-order valence-corrected chi connectivity index (χ0v) is 18.9. The first-order valence-corrected chi connectivity index (χ1v) is 14.7. The molecule has 0 heterocycles. The van der Waals surface area contributed by atoms with Crippen molar-refractivity contribution in [2.75, 3.05) is 0 Å². The first-order valence-electron chi connectivity index (χ1n) is 11.3. The molecule has 0 bridgehead atoms. The molecule has 0 aliphatic heterocycles. The van der Waals surface area contributed by atoms with Gasteiger partial charge in [0.2, 0.25) is 0 Å². The second-order valence-corrected chi connectivity index (χ2v) is 16.3. The Morgan fingerprint density at radius 1 is 1.00 bits per heavy atom. The lowest BCUT2D eigenvalue weighted by Crippen LogP contribution is -2.59. The minimum atomic E-state index is -1.59. The van der Waals surface area contributed by atoms with Gasteiger partial charge in [0.1, 0.15) is 5.78 Å². The maximum absolute atomic E-state index is 12.8. The Morgan fingerprint density at radius 3 is 2.42 bits per heavy atom. The minimum Gasteiger partial charge on any atom is -0.414 e. The molecule has 0 amide bonds. The fraction of sp³-hybridized carbons (Fsp3) is 0.957. The Kier molecular flexibility index (Phi) is 4.55. The van der Waals surface area contributed by atoms with Crippen LogP contribution in [0.5, 0.6) is 0 Å². The third kappa shape index (κ3) is 2.87. The molecule has 8 atom stereocenters. The van der Waals surface area contributed by atoms with E-state index in [1.165, 1.54) is 32.1 Å². The van der Waals surface area contributed by atoms with E-state index in [4.69, 9.17) is 4.43 Å². The summed E-state index contributed by atoms with van der Waals surface area (Å²) in [5.74, 6) is 4.24. The van der Waals surface area contributed by atoms with Gasteiger partial charge in [-0.2, -0.15) is 0 Å². The molecule has 0 spiro atoms. The first-order chi connectivity index (χ1) is 12.0. The highest BCUT2D eigenvalue weighted by atomic mass is 28.4. The maximum atomic E-state index is 12.8. The fourth-order valence-electron chi connectivity index (χ4n) is 7.76. The van der Waals surface area contributed by atoms with E-state index in [-0.39, 0.29) is 5.41 Å². The van der Waals surface area contributed by atoms with Crippen LogP contribution in [0.25, 0.3) is 0 Å². The van der Waals surface area contributed by atoms with Gasteiger partial charge in [-0.3, -0.25) is 4.79 Å². The van der Waals surface area contributed by atoms with Crippen LogP contribution in [-0.4, -0.2) is 20.2 Å². The molecule has 0 aromatic rings. The highest BCUT2D eigenvalue weighted by Gasteiger charge is 2.63. The topological polar surface area (TPSA) is 26.3 Å². The van der Waals surface area contributed by atoms with Crippen LogP contribution in [0.1, 0.15) is 72.1 Å². The number of hydrogen-bond acceptors (Lipinski definition) is 2. The molecule has 3 heteroatoms. The smallest absolute Gasteiger partial charge is 0.184 e. The summed E-state index contributed by atoms with van der Waals surface area (Å²) >= 11 is 0. The van der Waals surface area contributed by atoms with Gasteiger partial charge in [0.25, 0.3) is 0 Å². The molecule has 26 heavy (non-hydrogen) atoms. The number of carbonyl (C=O) groups is 1. The summed E-state index contributed by atoms with van der Waals surface area (Å²) in [6.45, 7) is 14.4. The molecule has 4 fully saturated rings. The van der Waals surface area contributed by atoms with Crippen molar-refractivity contribution in [2.24, 2.45) is 40.4 Å². The van der Waals surface area contributed by atoms with Gasteiger partial charge in [0.05, 0.1) is 0 Å². The number of fused-ring (bicyclic) bond motifs is 5. The molecular formula is C23H40O2Si. The van der Waals surface area contributed by atoms with E-state index >= 15 is 0 Å². The molecule has 4 rings (SSSR count). The predicted octanol–water partition coefficient (Wildman–Crippen LogP) is 6.06. The second kappa shape index (κ2) is 6.17. The molecule has 0 aromatic heterocycles. The zero-order chi connectivity index (χ0) is 18.9. The summed E-state index contributed by atoms with van der Waals surface area (Å²) in [5.41, 5.74) is 0.441. The Labute approximate surface area is 162 Å². The van der Waals surface area contributed by atoms with Crippen molar-refractivity contribution < 1.29 is 9.22 Å². The largest absolute Gasteiger partial charge is 0.414 e. The monoisotopic (exact) mass is 376 g/mol. The summed E-state index contributed by atoms with van der Waals surface area (Å²) < 4.78 is 6.89. The first kappa shape index (κ1) is 19.2. The SMILES string of the molecule is C[C@@H]1CC[C@]2(C)C3CC[C@]4(C)C(=O)CCC4C3[C@@H](O[Si](C)(C)C)C[C@H]2C1. The van der Waals surface area contributed by atoms with Gasteiger partial charge in [0.15, 0.2) is 8.32 Å². The molecule has 0 saturated heterocycles. The van der Waals surface area contributed by atoms with E-state index in [1.807, 2.05) is 0 Å². The number of rotatable bonds is 2. The second-order valence-electron chi connectivity index (χ2n) is 11.8. The van der Waals surface area contributed by atoms with Crippen LogP contribution in [0, 0.1) is 40.4 Å². The quantitative estimate of drug-likeness (QED) is 0.547. The highest BCUT2D eigenvalue weighted by molar-refractivity contribution is 6.69. The van der Waals surface area contributed by atoms with E-state index < -0.39 is 8.32 Å². The Hall–Kier alpha value is -0.153. The van der Waals surface area contributed by atoms with Crippen LogP contribution in [0.15, 0.2) is 0 Å². The van der Waals surface area contributed by atoms with Gasteiger partial charge >= 0.3 is 0 Å². The van der Waals surface area contributed by atoms with Gasteiger partial charge < -0.3 is 4.43 Å². The highest BCUT2D eigenvalue weighted by Crippen LogP contribution is 2.66. The van der Waals surface area contributed by atoms with Crippen molar-refractivity contribution in [3.05, 3.63) is 0 Å². The zero-order valence-electron chi connectivity index (χ0n) is 17.9. The standard InChI is InChI=1S/C23H40O2Si/c1-15-9-11-22(2)16(13-15)14-19(25-26(4,5)6)21-17-7-8-20(24)23(17,3)12-10-18(21)22/h15-19,21H,7-14H2,1-6H3/t15-,16-,17?,18?,19+,21?,22+,23+/m1/s1. The Balaban J connectivity index is 1.72. The molecular weight excluding hydrogens is 336 g/mol. The van der Waals surface area contributed by atoms with Crippen LogP contribution >= 0.6 is 0 Å². The van der Waals surface area contributed by atoms with Gasteiger partial charge in [-0.05, 0) is 93.2 Å². The van der Waals surface area contributed by atoms with Gasteiger partial charge in [-0.15, -0.1) is 0 Å². The predicted molar refractivity (Wildman–Crippen MR) is 110 cm³/mol. The number of Topliss-reactive ketones (excluding diaryl/α,β-unsaturated/α-hetero) is 1. The lowest BCUT2D eigenvalue weighted by Gasteiger charge is -2.62. The van der Waals surface area contributed by atoms with Crippen LogP contribution in [-0.2, 0) is 9.22 Å². The van der Waals surface area contributed by atoms with Crippen LogP contribution in [0.4, 0.5) is 0 Å². The van der Waals surface area contributed by atoms with Gasteiger partial charge in [-0.25, -0.2) is 0 Å². The normalized spacial score (nSPS) is 51.5. The number of carbonyl (C=O) groups excluding carboxylic acids is 1. The molecule has 4 aliphatic rings. The van der Waals surface area contributed by atoms with E-state index in [0.717, 1.165) is 37.0 Å². The molecule has 0 radical (unpaired) electrons. The van der Waals surface area contributed by atoms with E-state index in [2.05, 4.69) is 40.4 Å². The van der Waals surface area contributed by atoms with Crippen molar-refractivity contribution in [3.8, 4) is 0 Å². The molecule has 3 unspecified atom stereocenters. The summed E-state index contributed by atoms with van der Waals surface area (Å²) in [4.78, 5) is 12.8. The molecule has 4 saturated carbocycles. The molecule has 4 aliphatic carbocycles. The Morgan fingerprint density at radius 2 is 1.73 bits per heavy atom. The Bertz CT molecular complexity index is 581. The average molecular weight is 377 g/mol. The molecule has 2 nitrogen and oxygen atoms in total. The third-order valence-electron chi connectivity index (χ3n) is 9.14. The van der Waals surface area contributed by atoms with Crippen LogP contribution in [0.3, 0.4) is 0 Å². The van der Waals surface area contributed by atoms with Gasteiger partial charge in [0, 0.05) is 17.9 Å². The third-order valence-corrected chi connectivity index (χ3v) is 10.1. The molecule has 148 valence electrons. The van der Waals surface area contributed by atoms with Crippen LogP contribution < -0.4 is 0 Å². The van der Waals surface area contributed by atoms with Crippen molar-refractivity contribution in [1.29, 1.82) is 0 Å². The summed E-state index contributed by atoms with van der Waals surface area (Å²) in [6.07, 6.45) is 10.2. The lowest BCUT2D eigenvalue weighted by atomic mass is 9.44. The maximum Gasteiger partial charge on any atom is 0.184 e. The van der Waals surface area contributed by atoms with Crippen molar-refractivity contribution >= 4 is 14.1 Å². The molecule has 0 N–H and O–H groups in total. The van der Waals surface area contributed by atoms with E-state index in [0.29, 0.717) is 29.1 Å². The summed E-state index contributed by atoms with van der Waals surface area (Å²) in [6, 6.07) is 0. The van der Waals surface area contributed by atoms with E-state index in [9.17, 15) is 4.79 Å². The van der Waals surface area contributed by atoms with Gasteiger partial charge in [-0.1, -0.05) is 27.2 Å². The summed E-state index contributed by atoms with van der Waals surface area (Å²) in [7, 11) is -1.59. The minimum absolute atomic E-state index is 0.0482. The number of hydrogen-bond donors (Lipinski definition) is 0. The lowest BCUT2D eigenvalue weighted by molar-refractivity contribution is -0.162.